The van der Waals surface area contributed by atoms with E-state index < -0.39 is 0 Å². The summed E-state index contributed by atoms with van der Waals surface area (Å²) in [5.41, 5.74) is 1.51. The highest BCUT2D eigenvalue weighted by Gasteiger charge is 2.02. The summed E-state index contributed by atoms with van der Waals surface area (Å²) >= 11 is 0. The normalized spacial score (nSPS) is 9.20. The molecule has 0 saturated heterocycles. The van der Waals surface area contributed by atoms with Crippen LogP contribution in [0.2, 0.25) is 0 Å². The van der Waals surface area contributed by atoms with E-state index in [1.54, 1.807) is 12.3 Å². The lowest BCUT2D eigenvalue weighted by molar-refractivity contribution is 0.615. The van der Waals surface area contributed by atoms with Gasteiger partial charge in [-0.25, -0.2) is 0 Å². The van der Waals surface area contributed by atoms with Crippen molar-refractivity contribution < 1.29 is 4.42 Å². The first-order valence-electron chi connectivity index (χ1n) is 4.33. The van der Waals surface area contributed by atoms with Crippen LogP contribution in [0.15, 0.2) is 40.5 Å². The lowest BCUT2D eigenvalue weighted by atomic mass is 10.1. The number of allylic oxidation sites excluding steroid dienone is 1. The van der Waals surface area contributed by atoms with Gasteiger partial charge in [-0.2, -0.15) is 10.5 Å². The lowest BCUT2D eigenvalue weighted by Gasteiger charge is -1.94. The smallest absolute Gasteiger partial charge is 0.141 e. The molecule has 0 amide bonds. The maximum absolute atomic E-state index is 8.64. The van der Waals surface area contributed by atoms with Gasteiger partial charge in [0.1, 0.15) is 23.3 Å². The monoisotopic (exact) mass is 194 g/mol. The third-order valence-electron chi connectivity index (χ3n) is 2.05. The first-order valence-corrected chi connectivity index (χ1v) is 4.33. The number of furan rings is 1. The summed E-state index contributed by atoms with van der Waals surface area (Å²) in [6, 6.07) is 11.0. The number of benzene rings is 1. The van der Waals surface area contributed by atoms with Gasteiger partial charge in [0, 0.05) is 10.9 Å². The van der Waals surface area contributed by atoms with Crippen LogP contribution >= 0.6 is 0 Å². The van der Waals surface area contributed by atoms with Gasteiger partial charge in [-0.1, -0.05) is 18.2 Å². The summed E-state index contributed by atoms with van der Waals surface area (Å²) in [6.07, 6.45) is 3.10. The molecule has 1 heterocycles. The molecule has 0 atom stereocenters. The Morgan fingerprint density at radius 3 is 2.73 bits per heavy atom. The van der Waals surface area contributed by atoms with E-state index in [1.165, 1.54) is 6.08 Å². The summed E-state index contributed by atoms with van der Waals surface area (Å²) < 4.78 is 5.28. The molecule has 1 aromatic heterocycles. The second kappa shape index (κ2) is 3.69. The van der Waals surface area contributed by atoms with E-state index in [-0.39, 0.29) is 5.57 Å². The van der Waals surface area contributed by atoms with Crippen molar-refractivity contribution in [2.24, 2.45) is 0 Å². The van der Waals surface area contributed by atoms with Gasteiger partial charge in [0.15, 0.2) is 0 Å². The number of hydrogen-bond acceptors (Lipinski definition) is 3. The first kappa shape index (κ1) is 9.05. The molecule has 0 fully saturated rings. The van der Waals surface area contributed by atoms with Crippen LogP contribution in [0, 0.1) is 22.7 Å². The fraction of sp³-hybridized carbons (Fsp3) is 0. The molecule has 0 aliphatic carbocycles. The second-order valence-electron chi connectivity index (χ2n) is 2.97. The quantitative estimate of drug-likeness (QED) is 0.655. The minimum absolute atomic E-state index is 0.0684. The lowest BCUT2D eigenvalue weighted by Crippen LogP contribution is -1.76. The molecule has 0 bridgehead atoms. The van der Waals surface area contributed by atoms with Gasteiger partial charge in [0.05, 0.1) is 6.26 Å². The van der Waals surface area contributed by atoms with Crippen LogP contribution < -0.4 is 0 Å². The Hall–Kier alpha value is -2.52. The maximum atomic E-state index is 8.64. The Morgan fingerprint density at radius 2 is 2.00 bits per heavy atom. The fourth-order valence-electron chi connectivity index (χ4n) is 1.37. The largest absolute Gasteiger partial charge is 0.464 e. The molecule has 3 nitrogen and oxygen atoms in total. The Kier molecular flexibility index (Phi) is 2.23. The summed E-state index contributed by atoms with van der Waals surface area (Å²) in [4.78, 5) is 0. The molecule has 0 radical (unpaired) electrons. The Balaban J connectivity index is 2.64. The molecule has 0 N–H and O–H groups in total. The number of nitriles is 2. The van der Waals surface area contributed by atoms with Crippen molar-refractivity contribution in [3.8, 4) is 12.1 Å². The molecule has 1 aromatic carbocycles. The molecule has 0 saturated carbocycles. The highest BCUT2D eigenvalue weighted by Crippen LogP contribution is 2.21. The molecular weight excluding hydrogens is 188 g/mol. The van der Waals surface area contributed by atoms with Gasteiger partial charge >= 0.3 is 0 Å². The Labute approximate surface area is 86.5 Å². The van der Waals surface area contributed by atoms with E-state index in [4.69, 9.17) is 14.9 Å². The number of para-hydroxylation sites is 1. The average molecular weight is 194 g/mol. The zero-order chi connectivity index (χ0) is 10.7. The maximum Gasteiger partial charge on any atom is 0.141 e. The van der Waals surface area contributed by atoms with Crippen LogP contribution in [-0.2, 0) is 0 Å². The average Bonchev–Trinajstić information content (AvgIpc) is 2.74. The van der Waals surface area contributed by atoms with Gasteiger partial charge in [0.25, 0.3) is 0 Å². The molecule has 2 rings (SSSR count). The van der Waals surface area contributed by atoms with E-state index in [2.05, 4.69) is 0 Å². The molecular formula is C12H6N2O. The zero-order valence-corrected chi connectivity index (χ0v) is 7.77. The van der Waals surface area contributed by atoms with Crippen LogP contribution in [0.4, 0.5) is 0 Å². The minimum atomic E-state index is 0.0684. The van der Waals surface area contributed by atoms with Crippen LogP contribution in [-0.4, -0.2) is 0 Å². The van der Waals surface area contributed by atoms with E-state index in [1.807, 2.05) is 30.3 Å². The zero-order valence-electron chi connectivity index (χ0n) is 7.77. The predicted octanol–water partition coefficient (Wildman–Crippen LogP) is 2.86. The Bertz CT molecular complexity index is 592. The first-order chi connectivity index (χ1) is 7.35. The third kappa shape index (κ3) is 1.59. The fourth-order valence-corrected chi connectivity index (χ4v) is 1.37. The van der Waals surface area contributed by atoms with Gasteiger partial charge in [-0.05, 0) is 12.1 Å². The number of nitrogens with zero attached hydrogens (tertiary/aromatic N) is 2. The van der Waals surface area contributed by atoms with Crippen LogP contribution in [0.3, 0.4) is 0 Å². The van der Waals surface area contributed by atoms with E-state index in [9.17, 15) is 0 Å². The van der Waals surface area contributed by atoms with Gasteiger partial charge in [-0.15, -0.1) is 0 Å². The molecule has 0 aliphatic heterocycles. The highest BCUT2D eigenvalue weighted by molar-refractivity contribution is 5.87. The SMILES string of the molecule is N#CC(C#N)=Cc1cccc2ccoc12. The molecule has 15 heavy (non-hydrogen) atoms. The van der Waals surface area contributed by atoms with Gasteiger partial charge in [-0.3, -0.25) is 0 Å². The van der Waals surface area contributed by atoms with Crippen LogP contribution in [0.5, 0.6) is 0 Å². The van der Waals surface area contributed by atoms with Crippen LogP contribution in [0.25, 0.3) is 17.0 Å². The van der Waals surface area contributed by atoms with Gasteiger partial charge < -0.3 is 4.42 Å². The van der Waals surface area contributed by atoms with Crippen molar-refractivity contribution in [1.82, 2.24) is 0 Å². The van der Waals surface area contributed by atoms with Crippen LogP contribution in [0.1, 0.15) is 5.56 Å². The van der Waals surface area contributed by atoms with Crippen molar-refractivity contribution in [3.63, 3.8) is 0 Å². The molecule has 2 aromatic rings. The van der Waals surface area contributed by atoms with Crippen molar-refractivity contribution in [3.05, 3.63) is 41.7 Å². The highest BCUT2D eigenvalue weighted by atomic mass is 16.3. The summed E-state index contributed by atoms with van der Waals surface area (Å²) in [5, 5.41) is 18.2. The number of fused-ring (bicyclic) bond motifs is 1. The predicted molar refractivity (Wildman–Crippen MR) is 55.4 cm³/mol. The number of rotatable bonds is 1. The van der Waals surface area contributed by atoms with Crippen molar-refractivity contribution in [2.45, 2.75) is 0 Å². The van der Waals surface area contributed by atoms with Gasteiger partial charge in [0.2, 0.25) is 0 Å². The molecule has 3 heteroatoms. The van der Waals surface area contributed by atoms with Crippen molar-refractivity contribution in [2.75, 3.05) is 0 Å². The summed E-state index contributed by atoms with van der Waals surface area (Å²) in [7, 11) is 0. The minimum Gasteiger partial charge on any atom is -0.464 e. The van der Waals surface area contributed by atoms with E-state index in [0.29, 0.717) is 5.58 Å². The Morgan fingerprint density at radius 1 is 1.20 bits per heavy atom. The molecule has 70 valence electrons. The molecule has 0 spiro atoms. The standard InChI is InChI=1S/C12H6N2O/c13-7-9(8-14)6-11-3-1-2-10-4-5-15-12(10)11/h1-6H. The van der Waals surface area contributed by atoms with E-state index >= 15 is 0 Å². The van der Waals surface area contributed by atoms with E-state index in [0.717, 1.165) is 10.9 Å². The third-order valence-corrected chi connectivity index (χ3v) is 2.05. The topological polar surface area (TPSA) is 60.7 Å². The molecule has 0 unspecified atom stereocenters. The van der Waals surface area contributed by atoms with Crippen molar-refractivity contribution in [1.29, 1.82) is 10.5 Å². The number of hydrogen-bond donors (Lipinski definition) is 0. The summed E-state index contributed by atoms with van der Waals surface area (Å²) in [5.74, 6) is 0. The van der Waals surface area contributed by atoms with Crippen molar-refractivity contribution >= 4 is 17.0 Å². The summed E-state index contributed by atoms with van der Waals surface area (Å²) in [6.45, 7) is 0. The molecule has 0 aliphatic rings. The second-order valence-corrected chi connectivity index (χ2v) is 2.97.